The van der Waals surface area contributed by atoms with Crippen LogP contribution < -0.4 is 0 Å². The molecule has 0 radical (unpaired) electrons. The predicted molar refractivity (Wildman–Crippen MR) is 89.1 cm³/mol. The van der Waals surface area contributed by atoms with Gasteiger partial charge in [0, 0.05) is 37.8 Å². The fourth-order valence-electron chi connectivity index (χ4n) is 3.53. The number of hydrogen-bond donors (Lipinski definition) is 0. The topological polar surface area (TPSA) is 23.6 Å². The van der Waals surface area contributed by atoms with Crippen molar-refractivity contribution in [1.82, 2.24) is 9.80 Å². The summed E-state index contributed by atoms with van der Waals surface area (Å²) in [6.45, 7) is 3.91. The van der Waals surface area contributed by atoms with E-state index in [0.29, 0.717) is 0 Å². The van der Waals surface area contributed by atoms with Crippen LogP contribution >= 0.6 is 0 Å². The van der Waals surface area contributed by atoms with E-state index >= 15 is 0 Å². The van der Waals surface area contributed by atoms with Gasteiger partial charge in [0.2, 0.25) is 0 Å². The molecule has 1 heterocycles. The second-order valence-electron chi connectivity index (χ2n) is 6.44. The summed E-state index contributed by atoms with van der Waals surface area (Å²) in [6, 6.07) is 15.0. The lowest BCUT2D eigenvalue weighted by molar-refractivity contribution is 0.0763. The summed E-state index contributed by atoms with van der Waals surface area (Å²) in [5, 5.41) is 2.21. The van der Waals surface area contributed by atoms with Crippen molar-refractivity contribution in [2.45, 2.75) is 25.3 Å². The Morgan fingerprint density at radius 3 is 2.59 bits per heavy atom. The van der Waals surface area contributed by atoms with Crippen LogP contribution in [0.5, 0.6) is 0 Å². The number of benzene rings is 2. The molecule has 0 unspecified atom stereocenters. The first kappa shape index (κ1) is 13.8. The molecule has 1 amide bonds. The van der Waals surface area contributed by atoms with E-state index in [1.807, 2.05) is 29.2 Å². The van der Waals surface area contributed by atoms with Gasteiger partial charge in [0.1, 0.15) is 0 Å². The molecule has 1 aliphatic carbocycles. The highest BCUT2D eigenvalue weighted by Gasteiger charge is 2.31. The number of hydrogen-bond acceptors (Lipinski definition) is 2. The molecule has 1 saturated heterocycles. The smallest absolute Gasteiger partial charge is 0.254 e. The molecule has 2 fully saturated rings. The minimum atomic E-state index is 0.189. The van der Waals surface area contributed by atoms with Crippen molar-refractivity contribution in [3.8, 4) is 0 Å². The van der Waals surface area contributed by atoms with Crippen LogP contribution in [0.15, 0.2) is 42.5 Å². The SMILES string of the molecule is O=C(c1cccc2ccccc12)N1CCCN(C2CC2)CC1. The molecule has 2 aliphatic rings. The second-order valence-corrected chi connectivity index (χ2v) is 6.44. The van der Waals surface area contributed by atoms with Crippen LogP contribution in [-0.4, -0.2) is 47.9 Å². The van der Waals surface area contributed by atoms with Crippen LogP contribution in [0.2, 0.25) is 0 Å². The Bertz CT molecular complexity index is 687. The van der Waals surface area contributed by atoms with Gasteiger partial charge in [-0.25, -0.2) is 0 Å². The molecule has 114 valence electrons. The largest absolute Gasteiger partial charge is 0.337 e. The quantitative estimate of drug-likeness (QED) is 0.849. The van der Waals surface area contributed by atoms with Gasteiger partial charge in [0.15, 0.2) is 0 Å². The van der Waals surface area contributed by atoms with Crippen molar-refractivity contribution in [2.24, 2.45) is 0 Å². The van der Waals surface area contributed by atoms with Gasteiger partial charge < -0.3 is 4.90 Å². The van der Waals surface area contributed by atoms with E-state index in [-0.39, 0.29) is 5.91 Å². The average molecular weight is 294 g/mol. The van der Waals surface area contributed by atoms with Gasteiger partial charge in [-0.05, 0) is 36.1 Å². The van der Waals surface area contributed by atoms with Crippen molar-refractivity contribution >= 4 is 16.7 Å². The van der Waals surface area contributed by atoms with E-state index in [9.17, 15) is 4.79 Å². The maximum absolute atomic E-state index is 13.0. The third kappa shape index (κ3) is 2.61. The standard InChI is InChI=1S/C19H22N2O/c22-19(18-8-3-6-15-5-1-2-7-17(15)18)21-12-4-11-20(13-14-21)16-9-10-16/h1-3,5-8,16H,4,9-14H2. The molecule has 22 heavy (non-hydrogen) atoms. The number of fused-ring (bicyclic) bond motifs is 1. The van der Waals surface area contributed by atoms with E-state index in [4.69, 9.17) is 0 Å². The number of carbonyl (C=O) groups is 1. The zero-order chi connectivity index (χ0) is 14.9. The highest BCUT2D eigenvalue weighted by atomic mass is 16.2. The molecule has 0 aromatic heterocycles. The van der Waals surface area contributed by atoms with Crippen molar-refractivity contribution in [1.29, 1.82) is 0 Å². The number of carbonyl (C=O) groups excluding carboxylic acids is 1. The summed E-state index contributed by atoms with van der Waals surface area (Å²) >= 11 is 0. The van der Waals surface area contributed by atoms with Gasteiger partial charge >= 0.3 is 0 Å². The van der Waals surface area contributed by atoms with E-state index in [1.54, 1.807) is 0 Å². The monoisotopic (exact) mass is 294 g/mol. The first-order valence-electron chi connectivity index (χ1n) is 8.34. The molecule has 4 rings (SSSR count). The molecule has 3 heteroatoms. The summed E-state index contributed by atoms with van der Waals surface area (Å²) in [6.07, 6.45) is 3.78. The molecule has 0 atom stereocenters. The lowest BCUT2D eigenvalue weighted by atomic mass is 10.0. The molecular formula is C19H22N2O. The van der Waals surface area contributed by atoms with Crippen LogP contribution in [0.4, 0.5) is 0 Å². The Labute approximate surface area is 131 Å². The summed E-state index contributed by atoms with van der Waals surface area (Å²) < 4.78 is 0. The van der Waals surface area contributed by atoms with Gasteiger partial charge in [-0.3, -0.25) is 9.69 Å². The molecule has 0 spiro atoms. The van der Waals surface area contributed by atoms with Gasteiger partial charge in [0.25, 0.3) is 5.91 Å². The van der Waals surface area contributed by atoms with Crippen LogP contribution in [0, 0.1) is 0 Å². The van der Waals surface area contributed by atoms with Gasteiger partial charge in [-0.2, -0.15) is 0 Å². The third-order valence-electron chi connectivity index (χ3n) is 4.90. The lowest BCUT2D eigenvalue weighted by Gasteiger charge is -2.22. The normalized spacial score (nSPS) is 20.1. The Kier molecular flexibility index (Phi) is 3.59. The van der Waals surface area contributed by atoms with Crippen LogP contribution in [-0.2, 0) is 0 Å². The van der Waals surface area contributed by atoms with Crippen LogP contribution in [0.25, 0.3) is 10.8 Å². The molecule has 2 aromatic rings. The first-order valence-corrected chi connectivity index (χ1v) is 8.34. The van der Waals surface area contributed by atoms with Gasteiger partial charge in [-0.1, -0.05) is 36.4 Å². The zero-order valence-electron chi connectivity index (χ0n) is 12.9. The maximum Gasteiger partial charge on any atom is 0.254 e. The summed E-state index contributed by atoms with van der Waals surface area (Å²) in [5.74, 6) is 0.189. The van der Waals surface area contributed by atoms with E-state index < -0.39 is 0 Å². The second kappa shape index (κ2) is 5.73. The Morgan fingerprint density at radius 1 is 0.909 bits per heavy atom. The first-order chi connectivity index (χ1) is 10.8. The maximum atomic E-state index is 13.0. The molecule has 1 aliphatic heterocycles. The van der Waals surface area contributed by atoms with Gasteiger partial charge in [-0.15, -0.1) is 0 Å². The van der Waals surface area contributed by atoms with Crippen molar-refractivity contribution in [3.05, 3.63) is 48.0 Å². The molecule has 0 bridgehead atoms. The number of rotatable bonds is 2. The Morgan fingerprint density at radius 2 is 1.73 bits per heavy atom. The molecule has 2 aromatic carbocycles. The minimum absolute atomic E-state index is 0.189. The molecule has 1 saturated carbocycles. The fourth-order valence-corrected chi connectivity index (χ4v) is 3.53. The summed E-state index contributed by atoms with van der Waals surface area (Å²) in [7, 11) is 0. The fraction of sp³-hybridized carbons (Fsp3) is 0.421. The van der Waals surface area contributed by atoms with E-state index in [2.05, 4.69) is 23.1 Å². The third-order valence-corrected chi connectivity index (χ3v) is 4.90. The number of amides is 1. The number of nitrogens with zero attached hydrogens (tertiary/aromatic N) is 2. The van der Waals surface area contributed by atoms with E-state index in [1.165, 1.54) is 12.8 Å². The van der Waals surface area contributed by atoms with Crippen molar-refractivity contribution in [2.75, 3.05) is 26.2 Å². The van der Waals surface area contributed by atoms with Crippen molar-refractivity contribution < 1.29 is 4.79 Å². The summed E-state index contributed by atoms with van der Waals surface area (Å²) in [5.41, 5.74) is 0.845. The molecular weight excluding hydrogens is 272 g/mol. The Hall–Kier alpha value is -1.87. The Balaban J connectivity index is 1.57. The zero-order valence-corrected chi connectivity index (χ0v) is 12.9. The van der Waals surface area contributed by atoms with Gasteiger partial charge in [0.05, 0.1) is 0 Å². The van der Waals surface area contributed by atoms with Crippen molar-refractivity contribution in [3.63, 3.8) is 0 Å². The van der Waals surface area contributed by atoms with Crippen LogP contribution in [0.1, 0.15) is 29.6 Å². The highest BCUT2D eigenvalue weighted by molar-refractivity contribution is 6.07. The lowest BCUT2D eigenvalue weighted by Crippen LogP contribution is -2.35. The highest BCUT2D eigenvalue weighted by Crippen LogP contribution is 2.28. The average Bonchev–Trinajstić information content (AvgIpc) is 3.39. The minimum Gasteiger partial charge on any atom is -0.337 e. The van der Waals surface area contributed by atoms with E-state index in [0.717, 1.165) is 55.0 Å². The predicted octanol–water partition coefficient (Wildman–Crippen LogP) is 3.15. The molecule has 0 N–H and O–H groups in total. The van der Waals surface area contributed by atoms with Crippen LogP contribution in [0.3, 0.4) is 0 Å². The molecule has 3 nitrogen and oxygen atoms in total. The summed E-state index contributed by atoms with van der Waals surface area (Å²) in [4.78, 5) is 17.6.